The number of alkyl halides is 3. The van der Waals surface area contributed by atoms with Crippen molar-refractivity contribution in [3.05, 3.63) is 28.8 Å². The van der Waals surface area contributed by atoms with Gasteiger partial charge in [-0.1, -0.05) is 0 Å². The normalized spacial score (nSPS) is 10.5. The minimum absolute atomic E-state index is 0.0331. The van der Waals surface area contributed by atoms with E-state index in [2.05, 4.69) is 0 Å². The molecule has 1 aromatic rings. The molecule has 0 unspecified atom stereocenters. The maximum absolute atomic E-state index is 12.7. The molecule has 3 nitrogen and oxygen atoms in total. The molecule has 0 heterocycles. The van der Waals surface area contributed by atoms with Gasteiger partial charge in [-0.15, -0.1) is 0 Å². The number of hydrogen-bond donors (Lipinski definition) is 0. The van der Waals surface area contributed by atoms with E-state index in [1.807, 2.05) is 0 Å². The van der Waals surface area contributed by atoms with E-state index < -0.39 is 18.2 Å². The number of hydrogen-bond acceptors (Lipinski definition) is 3. The predicted octanol–water partition coefficient (Wildman–Crippen LogP) is 2.65. The van der Waals surface area contributed by atoms with E-state index in [4.69, 9.17) is 15.3 Å². The Morgan fingerprint density at radius 1 is 1.29 bits per heavy atom. The van der Waals surface area contributed by atoms with Gasteiger partial charge in [-0.25, -0.2) is 0 Å². The zero-order valence-corrected chi connectivity index (χ0v) is 8.80. The lowest BCUT2D eigenvalue weighted by Gasteiger charge is -2.13. The third kappa shape index (κ3) is 2.67. The number of benzene rings is 1. The summed E-state index contributed by atoms with van der Waals surface area (Å²) >= 11 is 0. The Balaban J connectivity index is 3.48. The van der Waals surface area contributed by atoms with Crippen molar-refractivity contribution in [2.45, 2.75) is 12.6 Å². The Bertz CT molecular complexity index is 509. The van der Waals surface area contributed by atoms with E-state index in [-0.39, 0.29) is 16.9 Å². The highest BCUT2D eigenvalue weighted by Crippen LogP contribution is 2.35. The Hall–Kier alpha value is -2.21. The molecule has 0 saturated carbocycles. The van der Waals surface area contributed by atoms with Gasteiger partial charge in [0.25, 0.3) is 0 Å². The molecular formula is C11H7F3N2O. The molecule has 0 aromatic heterocycles. The summed E-state index contributed by atoms with van der Waals surface area (Å²) in [6.45, 7) is 0. The van der Waals surface area contributed by atoms with Crippen LogP contribution >= 0.6 is 0 Å². The minimum Gasteiger partial charge on any atom is -0.495 e. The molecule has 0 saturated heterocycles. The van der Waals surface area contributed by atoms with Crippen molar-refractivity contribution in [2.24, 2.45) is 0 Å². The Morgan fingerprint density at radius 3 is 2.35 bits per heavy atom. The van der Waals surface area contributed by atoms with Crippen molar-refractivity contribution in [3.63, 3.8) is 0 Å². The van der Waals surface area contributed by atoms with E-state index in [0.29, 0.717) is 6.07 Å². The molecule has 1 aromatic carbocycles. The van der Waals surface area contributed by atoms with Crippen LogP contribution in [0.2, 0.25) is 0 Å². The van der Waals surface area contributed by atoms with Crippen LogP contribution in [0.4, 0.5) is 13.2 Å². The first kappa shape index (κ1) is 12.9. The maximum atomic E-state index is 12.7. The summed E-state index contributed by atoms with van der Waals surface area (Å²) in [5, 5.41) is 17.2. The quantitative estimate of drug-likeness (QED) is 0.798. The van der Waals surface area contributed by atoms with Crippen LogP contribution in [0.25, 0.3) is 0 Å². The van der Waals surface area contributed by atoms with Crippen molar-refractivity contribution in [1.82, 2.24) is 0 Å². The average molecular weight is 240 g/mol. The Labute approximate surface area is 95.7 Å². The summed E-state index contributed by atoms with van der Waals surface area (Å²) in [6, 6.07) is 5.04. The summed E-state index contributed by atoms with van der Waals surface area (Å²) in [5.74, 6) is 0.0331. The molecule has 0 aliphatic carbocycles. The average Bonchev–Trinajstić information content (AvgIpc) is 2.27. The molecule has 0 radical (unpaired) electrons. The predicted molar refractivity (Wildman–Crippen MR) is 52.0 cm³/mol. The molecule has 0 amide bonds. The Kier molecular flexibility index (Phi) is 3.59. The molecule has 0 N–H and O–H groups in total. The molecule has 6 heteroatoms. The maximum Gasteiger partial charge on any atom is 0.416 e. The van der Waals surface area contributed by atoms with E-state index in [9.17, 15) is 13.2 Å². The van der Waals surface area contributed by atoms with E-state index in [0.717, 1.165) is 6.07 Å². The number of halogens is 3. The summed E-state index contributed by atoms with van der Waals surface area (Å²) in [5.41, 5.74) is -1.38. The molecule has 0 aliphatic rings. The van der Waals surface area contributed by atoms with Gasteiger partial charge in [0.2, 0.25) is 0 Å². The van der Waals surface area contributed by atoms with Crippen LogP contribution in [0, 0.1) is 22.7 Å². The standard InChI is InChI=1S/C11H7F3N2O/c1-17-10-5-7(2-3-15)9(11(12,13)14)4-8(10)6-16/h4-5H,2H2,1H3. The second kappa shape index (κ2) is 4.75. The third-order valence-electron chi connectivity index (χ3n) is 2.12. The fourth-order valence-corrected chi connectivity index (χ4v) is 1.37. The van der Waals surface area contributed by atoms with Crippen molar-refractivity contribution >= 4 is 0 Å². The topological polar surface area (TPSA) is 56.8 Å². The highest BCUT2D eigenvalue weighted by molar-refractivity contribution is 5.50. The highest BCUT2D eigenvalue weighted by atomic mass is 19.4. The number of ether oxygens (including phenoxy) is 1. The largest absolute Gasteiger partial charge is 0.495 e. The van der Waals surface area contributed by atoms with Gasteiger partial charge in [0.05, 0.1) is 30.7 Å². The van der Waals surface area contributed by atoms with E-state index >= 15 is 0 Å². The van der Waals surface area contributed by atoms with Gasteiger partial charge in [0, 0.05) is 0 Å². The molecule has 0 spiro atoms. The van der Waals surface area contributed by atoms with Gasteiger partial charge in [0.1, 0.15) is 11.8 Å². The molecule has 0 bridgehead atoms. The Morgan fingerprint density at radius 2 is 1.94 bits per heavy atom. The molecule has 0 atom stereocenters. The number of rotatable bonds is 2. The first-order valence-electron chi connectivity index (χ1n) is 4.49. The van der Waals surface area contributed by atoms with Gasteiger partial charge in [-0.3, -0.25) is 0 Å². The van der Waals surface area contributed by atoms with Crippen LogP contribution in [-0.2, 0) is 12.6 Å². The van der Waals surface area contributed by atoms with Crippen LogP contribution in [0.1, 0.15) is 16.7 Å². The zero-order chi connectivity index (χ0) is 13.1. The molecule has 0 fully saturated rings. The van der Waals surface area contributed by atoms with Gasteiger partial charge in [-0.05, 0) is 17.7 Å². The lowest BCUT2D eigenvalue weighted by molar-refractivity contribution is -0.138. The SMILES string of the molecule is COc1cc(CC#N)c(C(F)(F)F)cc1C#N. The molecular weight excluding hydrogens is 233 g/mol. The second-order valence-corrected chi connectivity index (χ2v) is 3.15. The van der Waals surface area contributed by atoms with Crippen LogP contribution in [0.3, 0.4) is 0 Å². The van der Waals surface area contributed by atoms with Crippen LogP contribution in [0.15, 0.2) is 12.1 Å². The minimum atomic E-state index is -4.59. The van der Waals surface area contributed by atoms with Crippen LogP contribution in [0.5, 0.6) is 5.75 Å². The fourth-order valence-electron chi connectivity index (χ4n) is 1.37. The van der Waals surface area contributed by atoms with Crippen molar-refractivity contribution in [2.75, 3.05) is 7.11 Å². The van der Waals surface area contributed by atoms with E-state index in [1.165, 1.54) is 7.11 Å². The van der Waals surface area contributed by atoms with Crippen LogP contribution < -0.4 is 4.74 Å². The highest BCUT2D eigenvalue weighted by Gasteiger charge is 2.34. The monoisotopic (exact) mass is 240 g/mol. The van der Waals surface area contributed by atoms with Gasteiger partial charge < -0.3 is 4.74 Å². The molecule has 88 valence electrons. The molecule has 1 rings (SSSR count). The lowest BCUT2D eigenvalue weighted by Crippen LogP contribution is -2.10. The van der Waals surface area contributed by atoms with Crippen LogP contribution in [-0.4, -0.2) is 7.11 Å². The third-order valence-corrected chi connectivity index (χ3v) is 2.12. The first-order chi connectivity index (χ1) is 7.93. The number of nitrogens with zero attached hydrogens (tertiary/aromatic N) is 2. The van der Waals surface area contributed by atoms with Crippen molar-refractivity contribution in [1.29, 1.82) is 10.5 Å². The first-order valence-corrected chi connectivity index (χ1v) is 4.49. The smallest absolute Gasteiger partial charge is 0.416 e. The summed E-state index contributed by atoms with van der Waals surface area (Å²) in [7, 11) is 1.25. The van der Waals surface area contributed by atoms with Gasteiger partial charge >= 0.3 is 6.18 Å². The summed E-state index contributed by atoms with van der Waals surface area (Å²) < 4.78 is 42.8. The summed E-state index contributed by atoms with van der Waals surface area (Å²) in [6.07, 6.45) is -4.99. The number of nitriles is 2. The van der Waals surface area contributed by atoms with Crippen molar-refractivity contribution < 1.29 is 17.9 Å². The second-order valence-electron chi connectivity index (χ2n) is 3.15. The molecule has 0 aliphatic heterocycles. The zero-order valence-electron chi connectivity index (χ0n) is 8.80. The van der Waals surface area contributed by atoms with Gasteiger partial charge in [-0.2, -0.15) is 23.7 Å². The lowest BCUT2D eigenvalue weighted by atomic mass is 10.0. The number of methoxy groups -OCH3 is 1. The summed E-state index contributed by atoms with van der Waals surface area (Å²) in [4.78, 5) is 0. The molecule has 17 heavy (non-hydrogen) atoms. The van der Waals surface area contributed by atoms with E-state index in [1.54, 1.807) is 12.1 Å². The van der Waals surface area contributed by atoms with Gasteiger partial charge in [0.15, 0.2) is 0 Å². The van der Waals surface area contributed by atoms with Crippen molar-refractivity contribution in [3.8, 4) is 17.9 Å². The fraction of sp³-hybridized carbons (Fsp3) is 0.273.